The second-order valence-corrected chi connectivity index (χ2v) is 4.69. The first-order valence-electron chi connectivity index (χ1n) is 6.25. The minimum atomic E-state index is -0.0948. The maximum atomic E-state index is 11.8. The van der Waals surface area contributed by atoms with Gasteiger partial charge in [0.25, 0.3) is 0 Å². The molecular weight excluding hydrogens is 262 g/mol. The van der Waals surface area contributed by atoms with Gasteiger partial charge in [-0.2, -0.15) is 0 Å². The van der Waals surface area contributed by atoms with Gasteiger partial charge >= 0.3 is 0 Å². The van der Waals surface area contributed by atoms with Gasteiger partial charge in [-0.3, -0.25) is 9.78 Å². The van der Waals surface area contributed by atoms with Crippen molar-refractivity contribution in [2.75, 3.05) is 18.4 Å². The van der Waals surface area contributed by atoms with Crippen molar-refractivity contribution in [2.24, 2.45) is 0 Å². The minimum absolute atomic E-state index is 0.0948. The fourth-order valence-electron chi connectivity index (χ4n) is 1.82. The lowest BCUT2D eigenvalue weighted by Crippen LogP contribution is -2.28. The van der Waals surface area contributed by atoms with E-state index in [4.69, 9.17) is 11.6 Å². The summed E-state index contributed by atoms with van der Waals surface area (Å²) in [5.74, 6) is -0.0948. The standard InChI is InChI=1S/C14H16ClN3O/c1-2-5-16-9-13(19)18-12-8-11(15)7-10-4-3-6-17-14(10)12/h3-4,6-8,16H,2,5,9H2,1H3,(H,18,19). The van der Waals surface area contributed by atoms with Crippen LogP contribution in [0.1, 0.15) is 13.3 Å². The van der Waals surface area contributed by atoms with Crippen molar-refractivity contribution in [1.29, 1.82) is 0 Å². The first-order valence-corrected chi connectivity index (χ1v) is 6.63. The van der Waals surface area contributed by atoms with E-state index in [2.05, 4.69) is 22.5 Å². The summed E-state index contributed by atoms with van der Waals surface area (Å²) >= 11 is 6.04. The van der Waals surface area contributed by atoms with E-state index in [0.717, 1.165) is 23.9 Å². The van der Waals surface area contributed by atoms with Crippen LogP contribution in [0.2, 0.25) is 5.02 Å². The fraction of sp³-hybridized carbons (Fsp3) is 0.286. The minimum Gasteiger partial charge on any atom is -0.323 e. The predicted molar refractivity (Wildman–Crippen MR) is 78.5 cm³/mol. The lowest BCUT2D eigenvalue weighted by atomic mass is 10.2. The Morgan fingerprint density at radius 3 is 3.05 bits per heavy atom. The lowest BCUT2D eigenvalue weighted by molar-refractivity contribution is -0.115. The van der Waals surface area contributed by atoms with Crippen molar-refractivity contribution >= 4 is 34.1 Å². The molecule has 0 fully saturated rings. The Labute approximate surface area is 117 Å². The molecule has 1 heterocycles. The van der Waals surface area contributed by atoms with E-state index in [1.807, 2.05) is 18.2 Å². The van der Waals surface area contributed by atoms with Gasteiger partial charge in [0.05, 0.1) is 17.7 Å². The molecule has 0 aliphatic heterocycles. The molecule has 0 aliphatic carbocycles. The van der Waals surface area contributed by atoms with E-state index in [9.17, 15) is 4.79 Å². The second-order valence-electron chi connectivity index (χ2n) is 4.25. The maximum Gasteiger partial charge on any atom is 0.238 e. The molecule has 0 bridgehead atoms. The van der Waals surface area contributed by atoms with Crippen molar-refractivity contribution in [2.45, 2.75) is 13.3 Å². The van der Waals surface area contributed by atoms with Crippen molar-refractivity contribution in [3.05, 3.63) is 35.5 Å². The van der Waals surface area contributed by atoms with Crippen LogP contribution in [-0.2, 0) is 4.79 Å². The number of amides is 1. The van der Waals surface area contributed by atoms with Crippen LogP contribution in [0, 0.1) is 0 Å². The number of hydrogen-bond donors (Lipinski definition) is 2. The Balaban J connectivity index is 2.18. The summed E-state index contributed by atoms with van der Waals surface area (Å²) in [5.41, 5.74) is 1.39. The van der Waals surface area contributed by atoms with Crippen LogP contribution in [-0.4, -0.2) is 24.0 Å². The van der Waals surface area contributed by atoms with E-state index in [0.29, 0.717) is 10.7 Å². The van der Waals surface area contributed by atoms with Crippen LogP contribution < -0.4 is 10.6 Å². The Kier molecular flexibility index (Phi) is 4.71. The molecule has 2 rings (SSSR count). The summed E-state index contributed by atoms with van der Waals surface area (Å²) < 4.78 is 0. The summed E-state index contributed by atoms with van der Waals surface area (Å²) in [5, 5.41) is 7.38. The number of fused-ring (bicyclic) bond motifs is 1. The molecular formula is C14H16ClN3O. The molecule has 0 saturated heterocycles. The van der Waals surface area contributed by atoms with Crippen LogP contribution in [0.5, 0.6) is 0 Å². The van der Waals surface area contributed by atoms with E-state index < -0.39 is 0 Å². The predicted octanol–water partition coefficient (Wildman–Crippen LogP) is 2.83. The molecule has 0 aliphatic rings. The third-order valence-electron chi connectivity index (χ3n) is 2.66. The Bertz CT molecular complexity index is 586. The summed E-state index contributed by atoms with van der Waals surface area (Å²) in [6.45, 7) is 3.16. The fourth-order valence-corrected chi connectivity index (χ4v) is 2.05. The molecule has 4 nitrogen and oxygen atoms in total. The highest BCUT2D eigenvalue weighted by Gasteiger charge is 2.07. The van der Waals surface area contributed by atoms with E-state index in [1.54, 1.807) is 12.3 Å². The number of halogens is 1. The number of hydrogen-bond acceptors (Lipinski definition) is 3. The Morgan fingerprint density at radius 2 is 2.26 bits per heavy atom. The SMILES string of the molecule is CCCNCC(=O)Nc1cc(Cl)cc2cccnc12. The molecule has 5 heteroatoms. The van der Waals surface area contributed by atoms with Gasteiger partial charge in [-0.15, -0.1) is 0 Å². The van der Waals surface area contributed by atoms with Crippen molar-refractivity contribution in [3.63, 3.8) is 0 Å². The van der Waals surface area contributed by atoms with E-state index >= 15 is 0 Å². The van der Waals surface area contributed by atoms with Crippen LogP contribution >= 0.6 is 11.6 Å². The summed E-state index contributed by atoms with van der Waals surface area (Å²) in [4.78, 5) is 16.1. The summed E-state index contributed by atoms with van der Waals surface area (Å²) in [7, 11) is 0. The summed E-state index contributed by atoms with van der Waals surface area (Å²) in [6, 6.07) is 7.30. The molecule has 0 saturated carbocycles. The topological polar surface area (TPSA) is 54.0 Å². The largest absolute Gasteiger partial charge is 0.323 e. The van der Waals surface area contributed by atoms with Gasteiger partial charge < -0.3 is 10.6 Å². The van der Waals surface area contributed by atoms with Gasteiger partial charge in [0.15, 0.2) is 0 Å². The highest BCUT2D eigenvalue weighted by atomic mass is 35.5. The molecule has 2 aromatic rings. The van der Waals surface area contributed by atoms with Crippen molar-refractivity contribution in [3.8, 4) is 0 Å². The number of carbonyl (C=O) groups excluding carboxylic acids is 1. The third-order valence-corrected chi connectivity index (χ3v) is 2.87. The molecule has 19 heavy (non-hydrogen) atoms. The zero-order valence-electron chi connectivity index (χ0n) is 10.7. The smallest absolute Gasteiger partial charge is 0.238 e. The van der Waals surface area contributed by atoms with E-state index in [-0.39, 0.29) is 12.5 Å². The third kappa shape index (κ3) is 3.66. The number of anilines is 1. The highest BCUT2D eigenvalue weighted by Crippen LogP contribution is 2.26. The van der Waals surface area contributed by atoms with Crippen molar-refractivity contribution in [1.82, 2.24) is 10.3 Å². The Morgan fingerprint density at radius 1 is 1.42 bits per heavy atom. The van der Waals surface area contributed by atoms with E-state index in [1.165, 1.54) is 0 Å². The zero-order valence-corrected chi connectivity index (χ0v) is 11.5. The molecule has 0 atom stereocenters. The number of benzene rings is 1. The average Bonchev–Trinajstić information content (AvgIpc) is 2.39. The molecule has 1 amide bonds. The zero-order chi connectivity index (χ0) is 13.7. The Hall–Kier alpha value is -1.65. The van der Waals surface area contributed by atoms with Crippen LogP contribution in [0.4, 0.5) is 5.69 Å². The number of nitrogens with zero attached hydrogens (tertiary/aromatic N) is 1. The monoisotopic (exact) mass is 277 g/mol. The molecule has 2 N–H and O–H groups in total. The van der Waals surface area contributed by atoms with Gasteiger partial charge in [0.1, 0.15) is 0 Å². The second kappa shape index (κ2) is 6.50. The van der Waals surface area contributed by atoms with Gasteiger partial charge in [0, 0.05) is 16.6 Å². The first kappa shape index (κ1) is 13.8. The molecule has 1 aromatic heterocycles. The molecule has 0 unspecified atom stereocenters. The molecule has 0 spiro atoms. The normalized spacial score (nSPS) is 10.6. The summed E-state index contributed by atoms with van der Waals surface area (Å²) in [6.07, 6.45) is 2.69. The lowest BCUT2D eigenvalue weighted by Gasteiger charge is -2.09. The maximum absolute atomic E-state index is 11.8. The number of pyridine rings is 1. The highest BCUT2D eigenvalue weighted by molar-refractivity contribution is 6.32. The average molecular weight is 278 g/mol. The van der Waals surface area contributed by atoms with Gasteiger partial charge in [-0.1, -0.05) is 24.6 Å². The van der Waals surface area contributed by atoms with Crippen LogP contribution in [0.15, 0.2) is 30.5 Å². The number of rotatable bonds is 5. The number of carbonyl (C=O) groups is 1. The quantitative estimate of drug-likeness (QED) is 0.827. The van der Waals surface area contributed by atoms with Gasteiger partial charge in [-0.25, -0.2) is 0 Å². The van der Waals surface area contributed by atoms with Gasteiger partial charge in [-0.05, 0) is 31.2 Å². The number of aromatic nitrogens is 1. The molecule has 0 radical (unpaired) electrons. The number of nitrogens with one attached hydrogen (secondary N) is 2. The van der Waals surface area contributed by atoms with Crippen LogP contribution in [0.25, 0.3) is 10.9 Å². The van der Waals surface area contributed by atoms with Gasteiger partial charge in [0.2, 0.25) is 5.91 Å². The van der Waals surface area contributed by atoms with Crippen LogP contribution in [0.3, 0.4) is 0 Å². The molecule has 100 valence electrons. The molecule has 1 aromatic carbocycles. The van der Waals surface area contributed by atoms with Crippen molar-refractivity contribution < 1.29 is 4.79 Å². The first-order chi connectivity index (χ1) is 9.20.